The molecule has 4 heteroatoms. The number of hydrogen-bond donors (Lipinski definition) is 0. The van der Waals surface area contributed by atoms with E-state index in [-0.39, 0.29) is 6.42 Å². The van der Waals surface area contributed by atoms with E-state index in [4.69, 9.17) is 0 Å². The summed E-state index contributed by atoms with van der Waals surface area (Å²) >= 11 is 0. The van der Waals surface area contributed by atoms with Gasteiger partial charge in [-0.2, -0.15) is 13.2 Å². The summed E-state index contributed by atoms with van der Waals surface area (Å²) in [6, 6.07) is 4.87. The first kappa shape index (κ1) is 12.5. The molecule has 0 N–H and O–H groups in total. The molecule has 0 fully saturated rings. The molecule has 0 heterocycles. The van der Waals surface area contributed by atoms with Crippen molar-refractivity contribution in [2.75, 3.05) is 0 Å². The lowest BCUT2D eigenvalue weighted by atomic mass is 10.0. The zero-order chi connectivity index (χ0) is 12.2. The largest absolute Gasteiger partial charge is 0.416 e. The van der Waals surface area contributed by atoms with Crippen LogP contribution in [0.2, 0.25) is 0 Å². The molecule has 0 aliphatic rings. The quantitative estimate of drug-likeness (QED) is 0.570. The fraction of sp³-hybridized carbons (Fsp3) is 0.250. The smallest absolute Gasteiger partial charge is 0.303 e. The zero-order valence-corrected chi connectivity index (χ0v) is 8.55. The molecule has 0 saturated heterocycles. The summed E-state index contributed by atoms with van der Waals surface area (Å²) in [5.74, 6) is 0. The molecule has 0 bridgehead atoms. The maximum atomic E-state index is 12.2. The van der Waals surface area contributed by atoms with Crippen molar-refractivity contribution >= 4 is 6.29 Å². The van der Waals surface area contributed by atoms with Crippen LogP contribution in [0.25, 0.3) is 0 Å². The SMILES string of the molecule is C=C(CC=O)Cc1ccc(C(F)(F)F)cc1. The van der Waals surface area contributed by atoms with E-state index in [1.54, 1.807) is 0 Å². The Balaban J connectivity index is 2.72. The van der Waals surface area contributed by atoms with Crippen molar-refractivity contribution in [3.63, 3.8) is 0 Å². The lowest BCUT2D eigenvalue weighted by Crippen LogP contribution is -2.04. The van der Waals surface area contributed by atoms with Gasteiger partial charge in [0.05, 0.1) is 5.56 Å². The van der Waals surface area contributed by atoms with Crippen molar-refractivity contribution < 1.29 is 18.0 Å². The number of allylic oxidation sites excluding steroid dienone is 1. The highest BCUT2D eigenvalue weighted by atomic mass is 19.4. The monoisotopic (exact) mass is 228 g/mol. The molecule has 16 heavy (non-hydrogen) atoms. The van der Waals surface area contributed by atoms with Gasteiger partial charge in [0.1, 0.15) is 6.29 Å². The number of hydrogen-bond acceptors (Lipinski definition) is 1. The average Bonchev–Trinajstić information content (AvgIpc) is 2.17. The van der Waals surface area contributed by atoms with E-state index in [9.17, 15) is 18.0 Å². The van der Waals surface area contributed by atoms with Gasteiger partial charge in [-0.1, -0.05) is 24.3 Å². The molecule has 1 rings (SSSR count). The van der Waals surface area contributed by atoms with Crippen molar-refractivity contribution in [2.45, 2.75) is 19.0 Å². The summed E-state index contributed by atoms with van der Waals surface area (Å²) in [7, 11) is 0. The Morgan fingerprint density at radius 1 is 1.25 bits per heavy atom. The van der Waals surface area contributed by atoms with Crippen LogP contribution in [0.5, 0.6) is 0 Å². The summed E-state index contributed by atoms with van der Waals surface area (Å²) < 4.78 is 36.7. The van der Waals surface area contributed by atoms with Crippen molar-refractivity contribution in [3.8, 4) is 0 Å². The number of halogens is 3. The van der Waals surface area contributed by atoms with Gasteiger partial charge in [-0.25, -0.2) is 0 Å². The van der Waals surface area contributed by atoms with Crippen molar-refractivity contribution in [2.24, 2.45) is 0 Å². The highest BCUT2D eigenvalue weighted by Gasteiger charge is 2.29. The van der Waals surface area contributed by atoms with Crippen LogP contribution in [-0.2, 0) is 17.4 Å². The molecular weight excluding hydrogens is 217 g/mol. The van der Waals surface area contributed by atoms with E-state index < -0.39 is 11.7 Å². The molecule has 1 aromatic carbocycles. The minimum Gasteiger partial charge on any atom is -0.303 e. The second kappa shape index (κ2) is 4.96. The summed E-state index contributed by atoms with van der Waals surface area (Å²) in [6.07, 6.45) is -2.91. The molecule has 0 atom stereocenters. The van der Waals surface area contributed by atoms with Gasteiger partial charge in [0.15, 0.2) is 0 Å². The van der Waals surface area contributed by atoms with E-state index in [0.29, 0.717) is 12.0 Å². The fourth-order valence-electron chi connectivity index (χ4n) is 1.29. The second-order valence-corrected chi connectivity index (χ2v) is 3.49. The summed E-state index contributed by atoms with van der Waals surface area (Å²) in [5, 5.41) is 0. The normalized spacial score (nSPS) is 11.2. The molecule has 0 spiro atoms. The molecule has 86 valence electrons. The number of alkyl halides is 3. The molecule has 1 nitrogen and oxygen atoms in total. The first-order chi connectivity index (χ1) is 7.43. The maximum absolute atomic E-state index is 12.2. The molecule has 0 unspecified atom stereocenters. The van der Waals surface area contributed by atoms with Gasteiger partial charge >= 0.3 is 6.18 Å². The van der Waals surface area contributed by atoms with Gasteiger partial charge in [-0.15, -0.1) is 0 Å². The van der Waals surface area contributed by atoms with Crippen LogP contribution in [0.1, 0.15) is 17.5 Å². The van der Waals surface area contributed by atoms with Crippen LogP contribution in [0.4, 0.5) is 13.2 Å². The summed E-state index contributed by atoms with van der Waals surface area (Å²) in [4.78, 5) is 10.2. The topological polar surface area (TPSA) is 17.1 Å². The lowest BCUT2D eigenvalue weighted by Gasteiger charge is -2.07. The Bertz CT molecular complexity index is 376. The third kappa shape index (κ3) is 3.53. The number of benzene rings is 1. The van der Waals surface area contributed by atoms with Crippen LogP contribution in [0, 0.1) is 0 Å². The van der Waals surface area contributed by atoms with Crippen molar-refractivity contribution in [1.82, 2.24) is 0 Å². The standard InChI is InChI=1S/C12H11F3O/c1-9(6-7-16)8-10-2-4-11(5-3-10)12(13,14)15/h2-5,7H,1,6,8H2. The molecule has 0 aromatic heterocycles. The number of aldehydes is 1. The van der Waals surface area contributed by atoms with Gasteiger partial charge < -0.3 is 4.79 Å². The Morgan fingerprint density at radius 3 is 2.25 bits per heavy atom. The van der Waals surface area contributed by atoms with Gasteiger partial charge in [0.2, 0.25) is 0 Å². The second-order valence-electron chi connectivity index (χ2n) is 3.49. The molecule has 0 aliphatic heterocycles. The lowest BCUT2D eigenvalue weighted by molar-refractivity contribution is -0.137. The van der Waals surface area contributed by atoms with Gasteiger partial charge in [-0.05, 0) is 24.1 Å². The average molecular weight is 228 g/mol. The summed E-state index contributed by atoms with van der Waals surface area (Å²) in [6.45, 7) is 3.66. The molecule has 1 aromatic rings. The van der Waals surface area contributed by atoms with E-state index in [1.807, 2.05) is 0 Å². The molecule has 0 saturated carbocycles. The first-order valence-electron chi connectivity index (χ1n) is 4.70. The molecular formula is C12H11F3O. The predicted octanol–water partition coefficient (Wildman–Crippen LogP) is 3.39. The third-order valence-electron chi connectivity index (χ3n) is 2.11. The highest BCUT2D eigenvalue weighted by molar-refractivity contribution is 5.54. The number of carbonyl (C=O) groups excluding carboxylic acids is 1. The highest BCUT2D eigenvalue weighted by Crippen LogP contribution is 2.29. The van der Waals surface area contributed by atoms with Gasteiger partial charge in [0.25, 0.3) is 0 Å². The third-order valence-corrected chi connectivity index (χ3v) is 2.11. The maximum Gasteiger partial charge on any atom is 0.416 e. The first-order valence-corrected chi connectivity index (χ1v) is 4.70. The van der Waals surface area contributed by atoms with E-state index in [1.165, 1.54) is 12.1 Å². The Kier molecular flexibility index (Phi) is 3.88. The molecule has 0 aliphatic carbocycles. The van der Waals surface area contributed by atoms with Gasteiger partial charge in [0, 0.05) is 6.42 Å². The van der Waals surface area contributed by atoms with E-state index >= 15 is 0 Å². The Labute approximate surface area is 91.6 Å². The van der Waals surface area contributed by atoms with Gasteiger partial charge in [-0.3, -0.25) is 0 Å². The number of rotatable bonds is 4. The zero-order valence-electron chi connectivity index (χ0n) is 8.55. The minimum atomic E-state index is -4.31. The van der Waals surface area contributed by atoms with Crippen LogP contribution in [0.15, 0.2) is 36.4 Å². The number of carbonyl (C=O) groups is 1. The molecule has 0 amide bonds. The predicted molar refractivity (Wildman–Crippen MR) is 55.0 cm³/mol. The Morgan fingerprint density at radius 2 is 1.81 bits per heavy atom. The van der Waals surface area contributed by atoms with Crippen molar-refractivity contribution in [3.05, 3.63) is 47.5 Å². The Hall–Kier alpha value is -1.58. The van der Waals surface area contributed by atoms with E-state index in [2.05, 4.69) is 6.58 Å². The fourth-order valence-corrected chi connectivity index (χ4v) is 1.29. The minimum absolute atomic E-state index is 0.237. The summed E-state index contributed by atoms with van der Waals surface area (Å²) in [5.41, 5.74) is 0.742. The van der Waals surface area contributed by atoms with Crippen molar-refractivity contribution in [1.29, 1.82) is 0 Å². The van der Waals surface area contributed by atoms with E-state index in [0.717, 1.165) is 24.0 Å². The van der Waals surface area contributed by atoms with Crippen LogP contribution >= 0.6 is 0 Å². The van der Waals surface area contributed by atoms with Crippen LogP contribution in [0.3, 0.4) is 0 Å². The van der Waals surface area contributed by atoms with Crippen LogP contribution < -0.4 is 0 Å². The van der Waals surface area contributed by atoms with Crippen LogP contribution in [-0.4, -0.2) is 6.29 Å². The molecule has 0 radical (unpaired) electrons.